The van der Waals surface area contributed by atoms with Crippen LogP contribution >= 0.6 is 0 Å². The lowest BCUT2D eigenvalue weighted by atomic mass is 9.90. The number of aryl methyl sites for hydroxylation is 1. The molecule has 10 heteroatoms. The van der Waals surface area contributed by atoms with Gasteiger partial charge in [0.2, 0.25) is 5.88 Å². The molecule has 0 saturated heterocycles. The van der Waals surface area contributed by atoms with E-state index in [1.807, 2.05) is 13.8 Å². The Morgan fingerprint density at radius 3 is 2.35 bits per heavy atom. The number of aromatic nitrogens is 2. The fourth-order valence-corrected chi connectivity index (χ4v) is 4.22. The summed E-state index contributed by atoms with van der Waals surface area (Å²) >= 11 is 0. The zero-order chi connectivity index (χ0) is 23.5. The summed E-state index contributed by atoms with van der Waals surface area (Å²) in [5.74, 6) is -0.869. The highest BCUT2D eigenvalue weighted by atomic mass is 32.2. The first kappa shape index (κ1) is 24.3. The fraction of sp³-hybridized carbons (Fsp3) is 0.429. The molecule has 0 aliphatic heterocycles. The van der Waals surface area contributed by atoms with Crippen molar-refractivity contribution in [2.75, 3.05) is 5.75 Å². The molecule has 1 aromatic heterocycles. The molecule has 0 N–H and O–H groups in total. The number of allylic oxidation sites excluding steroid dienone is 2. The number of hydrogen-bond donors (Lipinski definition) is 0. The maximum Gasteiger partial charge on any atom is 0.310 e. The number of benzene rings is 1. The van der Waals surface area contributed by atoms with Crippen molar-refractivity contribution in [3.8, 4) is 5.88 Å². The van der Waals surface area contributed by atoms with Crippen LogP contribution in [-0.2, 0) is 16.7 Å². The topological polar surface area (TPSA) is 121 Å². The van der Waals surface area contributed by atoms with E-state index >= 15 is 0 Å². The summed E-state index contributed by atoms with van der Waals surface area (Å²) in [5.41, 5.74) is 2.49. The third kappa shape index (κ3) is 5.01. The minimum absolute atomic E-state index is 0.0146. The molecular weight excluding hydrogens is 422 g/mol. The second-order valence-corrected chi connectivity index (χ2v) is 9.06. The summed E-state index contributed by atoms with van der Waals surface area (Å²) in [6, 6.07) is 2.67. The van der Waals surface area contributed by atoms with Gasteiger partial charge < -0.3 is 4.18 Å². The molecule has 2 rings (SSSR count). The standard InChI is InChI=1S/C21H27N3O6S/c1-7-11-31(28,29)30-21-17(12-22-23(21)8-2)20(25)16-9-10-18(24(26)27)19(15(16)6)14(5)13(3)4/h9-10,12H,7-8,11H2,1-6H3. The second-order valence-electron chi connectivity index (χ2n) is 7.37. The van der Waals surface area contributed by atoms with E-state index in [0.29, 0.717) is 29.7 Å². The normalized spacial score (nSPS) is 11.3. The summed E-state index contributed by atoms with van der Waals surface area (Å²) in [7, 11) is -3.90. The van der Waals surface area contributed by atoms with Gasteiger partial charge in [-0.15, -0.1) is 0 Å². The molecule has 0 atom stereocenters. The second kappa shape index (κ2) is 9.42. The molecule has 168 valence electrons. The molecule has 1 heterocycles. The molecule has 0 spiro atoms. The van der Waals surface area contributed by atoms with Crippen LogP contribution in [0.1, 0.15) is 68.1 Å². The predicted octanol–water partition coefficient (Wildman–Crippen LogP) is 4.28. The van der Waals surface area contributed by atoms with E-state index in [1.165, 1.54) is 23.0 Å². The molecule has 0 radical (unpaired) electrons. The Bertz CT molecular complexity index is 1160. The van der Waals surface area contributed by atoms with Crippen molar-refractivity contribution in [2.45, 2.75) is 54.5 Å². The molecule has 0 amide bonds. The molecule has 0 fully saturated rings. The van der Waals surface area contributed by atoms with Gasteiger partial charge in [0.15, 0.2) is 5.78 Å². The number of nitrogens with zero attached hydrogens (tertiary/aromatic N) is 3. The number of rotatable bonds is 9. The van der Waals surface area contributed by atoms with E-state index in [1.54, 1.807) is 27.7 Å². The Balaban J connectivity index is 2.69. The fourth-order valence-electron chi connectivity index (χ4n) is 3.22. The largest absolute Gasteiger partial charge is 0.361 e. The summed E-state index contributed by atoms with van der Waals surface area (Å²) in [5, 5.41) is 15.6. The summed E-state index contributed by atoms with van der Waals surface area (Å²) in [4.78, 5) is 24.5. The average Bonchev–Trinajstić information content (AvgIpc) is 3.07. The number of nitro benzene ring substituents is 1. The van der Waals surface area contributed by atoms with Gasteiger partial charge >= 0.3 is 10.1 Å². The lowest BCUT2D eigenvalue weighted by Gasteiger charge is -2.14. The van der Waals surface area contributed by atoms with E-state index < -0.39 is 20.8 Å². The maximum atomic E-state index is 13.4. The van der Waals surface area contributed by atoms with Crippen LogP contribution in [0.2, 0.25) is 0 Å². The van der Waals surface area contributed by atoms with Crippen molar-refractivity contribution in [2.24, 2.45) is 0 Å². The quantitative estimate of drug-likeness (QED) is 0.242. The van der Waals surface area contributed by atoms with Crippen molar-refractivity contribution in [1.29, 1.82) is 0 Å². The van der Waals surface area contributed by atoms with Crippen molar-refractivity contribution in [3.05, 3.63) is 56.3 Å². The molecule has 0 bridgehead atoms. The number of ketones is 1. The summed E-state index contributed by atoms with van der Waals surface area (Å²) < 4.78 is 31.0. The van der Waals surface area contributed by atoms with Gasteiger partial charge in [0.05, 0.1) is 22.4 Å². The molecule has 0 aliphatic rings. The lowest BCUT2D eigenvalue weighted by molar-refractivity contribution is -0.385. The van der Waals surface area contributed by atoms with Gasteiger partial charge in [0.25, 0.3) is 5.69 Å². The van der Waals surface area contributed by atoms with Crippen LogP contribution in [-0.4, -0.2) is 34.7 Å². The first-order valence-electron chi connectivity index (χ1n) is 9.90. The van der Waals surface area contributed by atoms with Crippen molar-refractivity contribution < 1.29 is 22.3 Å². The summed E-state index contributed by atoms with van der Waals surface area (Å²) in [6.07, 6.45) is 1.62. The van der Waals surface area contributed by atoms with Crippen LogP contribution in [0.5, 0.6) is 5.88 Å². The van der Waals surface area contributed by atoms with Crippen LogP contribution < -0.4 is 4.18 Å². The minimum atomic E-state index is -3.90. The lowest BCUT2D eigenvalue weighted by Crippen LogP contribution is -2.18. The van der Waals surface area contributed by atoms with Gasteiger partial charge in [-0.05, 0) is 58.2 Å². The van der Waals surface area contributed by atoms with E-state index in [0.717, 1.165) is 5.57 Å². The van der Waals surface area contributed by atoms with Gasteiger partial charge in [-0.2, -0.15) is 13.5 Å². The SMILES string of the molecule is CCCS(=O)(=O)Oc1c(C(=O)c2ccc([N+](=O)[O-])c(C(C)=C(C)C)c2C)cnn1CC. The molecular formula is C21H27N3O6S. The number of nitro groups is 1. The Morgan fingerprint density at radius 2 is 1.84 bits per heavy atom. The first-order chi connectivity index (χ1) is 14.4. The zero-order valence-corrected chi connectivity index (χ0v) is 19.4. The molecule has 0 saturated carbocycles. The Morgan fingerprint density at radius 1 is 1.19 bits per heavy atom. The number of carbonyl (C=O) groups is 1. The maximum absolute atomic E-state index is 13.4. The zero-order valence-electron chi connectivity index (χ0n) is 18.6. The molecule has 0 aliphatic carbocycles. The molecule has 9 nitrogen and oxygen atoms in total. The van der Waals surface area contributed by atoms with Gasteiger partial charge in [-0.25, -0.2) is 4.68 Å². The number of hydrogen-bond acceptors (Lipinski definition) is 7. The highest BCUT2D eigenvalue weighted by Crippen LogP contribution is 2.34. The Labute approximate surface area is 182 Å². The van der Waals surface area contributed by atoms with E-state index in [4.69, 9.17) is 4.18 Å². The molecule has 0 unspecified atom stereocenters. The molecule has 31 heavy (non-hydrogen) atoms. The minimum Gasteiger partial charge on any atom is -0.361 e. The third-order valence-electron chi connectivity index (χ3n) is 5.00. The smallest absolute Gasteiger partial charge is 0.310 e. The first-order valence-corrected chi connectivity index (χ1v) is 11.5. The van der Waals surface area contributed by atoms with Gasteiger partial charge in [-0.1, -0.05) is 12.5 Å². The Hall–Kier alpha value is -3.01. The molecule has 1 aromatic carbocycles. The number of carbonyl (C=O) groups excluding carboxylic acids is 1. The molecule has 2 aromatic rings. The van der Waals surface area contributed by atoms with Crippen LogP contribution in [0.15, 0.2) is 23.9 Å². The van der Waals surface area contributed by atoms with Crippen LogP contribution in [0.25, 0.3) is 5.57 Å². The highest BCUT2D eigenvalue weighted by molar-refractivity contribution is 7.87. The van der Waals surface area contributed by atoms with E-state index in [9.17, 15) is 23.3 Å². The van der Waals surface area contributed by atoms with Crippen molar-refractivity contribution in [3.63, 3.8) is 0 Å². The van der Waals surface area contributed by atoms with E-state index in [2.05, 4.69) is 5.10 Å². The van der Waals surface area contributed by atoms with E-state index in [-0.39, 0.29) is 28.4 Å². The third-order valence-corrected chi connectivity index (χ3v) is 6.32. The van der Waals surface area contributed by atoms with Gasteiger partial charge in [-0.3, -0.25) is 14.9 Å². The summed E-state index contributed by atoms with van der Waals surface area (Å²) in [6.45, 7) is 10.8. The van der Waals surface area contributed by atoms with Crippen molar-refractivity contribution in [1.82, 2.24) is 9.78 Å². The van der Waals surface area contributed by atoms with Crippen LogP contribution in [0.4, 0.5) is 5.69 Å². The van der Waals surface area contributed by atoms with Gasteiger partial charge in [0.1, 0.15) is 5.56 Å². The monoisotopic (exact) mass is 449 g/mol. The van der Waals surface area contributed by atoms with Crippen molar-refractivity contribution >= 4 is 27.2 Å². The average molecular weight is 450 g/mol. The predicted molar refractivity (Wildman–Crippen MR) is 118 cm³/mol. The van der Waals surface area contributed by atoms with Crippen LogP contribution in [0, 0.1) is 17.0 Å². The Kier molecular flexibility index (Phi) is 7.37. The highest BCUT2D eigenvalue weighted by Gasteiger charge is 2.28. The van der Waals surface area contributed by atoms with Crippen LogP contribution in [0.3, 0.4) is 0 Å². The van der Waals surface area contributed by atoms with Gasteiger partial charge in [0, 0.05) is 18.2 Å².